The number of anilines is 2. The highest BCUT2D eigenvalue weighted by Crippen LogP contribution is 2.27. The van der Waals surface area contributed by atoms with Crippen molar-refractivity contribution in [2.75, 3.05) is 22.9 Å². The van der Waals surface area contributed by atoms with Crippen LogP contribution in [0.3, 0.4) is 0 Å². The van der Waals surface area contributed by atoms with E-state index < -0.39 is 15.8 Å². The molecule has 112 valence electrons. The van der Waals surface area contributed by atoms with E-state index in [9.17, 15) is 17.6 Å². The number of hydrogen-bond donors (Lipinski definition) is 1. The van der Waals surface area contributed by atoms with E-state index in [1.165, 1.54) is 13.1 Å². The summed E-state index contributed by atoms with van der Waals surface area (Å²) in [6.07, 6.45) is 2.94. The molecule has 0 aliphatic rings. The molecular formula is C13H19FN2O3S. The summed E-state index contributed by atoms with van der Waals surface area (Å²) in [5.41, 5.74) is 0.387. The van der Waals surface area contributed by atoms with Gasteiger partial charge in [-0.2, -0.15) is 0 Å². The Bertz CT molecular complexity index is 587. The van der Waals surface area contributed by atoms with Crippen LogP contribution in [0.15, 0.2) is 18.2 Å². The standard InChI is InChI=1S/C13H19FN2O3S/c1-4-5-6-13(17)15-11-9-10(14)7-8-12(11)16(2)20(3,18)19/h7-9H,4-6H2,1-3H3,(H,15,17). The van der Waals surface area contributed by atoms with Crippen molar-refractivity contribution in [2.45, 2.75) is 26.2 Å². The molecule has 0 aliphatic carbocycles. The maximum Gasteiger partial charge on any atom is 0.232 e. The molecule has 7 heteroatoms. The predicted molar refractivity (Wildman–Crippen MR) is 77.8 cm³/mol. The normalized spacial score (nSPS) is 11.2. The van der Waals surface area contributed by atoms with E-state index in [2.05, 4.69) is 5.32 Å². The SMILES string of the molecule is CCCCC(=O)Nc1cc(F)ccc1N(C)S(C)(=O)=O. The largest absolute Gasteiger partial charge is 0.324 e. The highest BCUT2D eigenvalue weighted by molar-refractivity contribution is 7.92. The van der Waals surface area contributed by atoms with Crippen LogP contribution in [0.25, 0.3) is 0 Å². The van der Waals surface area contributed by atoms with E-state index in [1.54, 1.807) is 0 Å². The number of carbonyl (C=O) groups is 1. The molecule has 0 fully saturated rings. The Hall–Kier alpha value is -1.63. The maximum absolute atomic E-state index is 13.3. The number of amides is 1. The van der Waals surface area contributed by atoms with E-state index in [0.717, 1.165) is 35.5 Å². The fourth-order valence-corrected chi connectivity index (χ4v) is 2.13. The molecule has 0 unspecified atom stereocenters. The third-order valence-electron chi connectivity index (χ3n) is 2.83. The van der Waals surface area contributed by atoms with Crippen LogP contribution >= 0.6 is 0 Å². The van der Waals surface area contributed by atoms with Crippen LogP contribution in [0.4, 0.5) is 15.8 Å². The first-order valence-corrected chi connectivity index (χ1v) is 8.14. The molecule has 0 spiro atoms. The Kier molecular flexibility index (Phi) is 5.50. The first-order valence-electron chi connectivity index (χ1n) is 6.29. The van der Waals surface area contributed by atoms with Gasteiger partial charge in [0.25, 0.3) is 0 Å². The molecule has 1 amide bonds. The van der Waals surface area contributed by atoms with Crippen LogP contribution in [0.2, 0.25) is 0 Å². The molecule has 5 nitrogen and oxygen atoms in total. The lowest BCUT2D eigenvalue weighted by molar-refractivity contribution is -0.116. The lowest BCUT2D eigenvalue weighted by Gasteiger charge is -2.20. The summed E-state index contributed by atoms with van der Waals surface area (Å²) >= 11 is 0. The molecule has 1 N–H and O–H groups in total. The van der Waals surface area contributed by atoms with Crippen molar-refractivity contribution >= 4 is 27.3 Å². The third kappa shape index (κ3) is 4.48. The zero-order valence-electron chi connectivity index (χ0n) is 11.8. The zero-order chi connectivity index (χ0) is 15.3. The molecule has 0 aromatic heterocycles. The van der Waals surface area contributed by atoms with Crippen LogP contribution in [0.5, 0.6) is 0 Å². The fraction of sp³-hybridized carbons (Fsp3) is 0.462. The van der Waals surface area contributed by atoms with Crippen LogP contribution in [0, 0.1) is 5.82 Å². The van der Waals surface area contributed by atoms with Crippen molar-refractivity contribution in [3.63, 3.8) is 0 Å². The summed E-state index contributed by atoms with van der Waals surface area (Å²) in [7, 11) is -2.13. The smallest absolute Gasteiger partial charge is 0.232 e. The number of unbranched alkanes of at least 4 members (excludes halogenated alkanes) is 1. The first kappa shape index (κ1) is 16.4. The number of sulfonamides is 1. The number of hydrogen-bond acceptors (Lipinski definition) is 3. The molecule has 1 aromatic carbocycles. The molecule has 0 radical (unpaired) electrons. The number of rotatable bonds is 6. The fourth-order valence-electron chi connectivity index (χ4n) is 1.61. The second-order valence-electron chi connectivity index (χ2n) is 4.54. The Morgan fingerprint density at radius 2 is 2.05 bits per heavy atom. The summed E-state index contributed by atoms with van der Waals surface area (Å²) < 4.78 is 37.4. The highest BCUT2D eigenvalue weighted by Gasteiger charge is 2.17. The van der Waals surface area contributed by atoms with Gasteiger partial charge in [0.2, 0.25) is 15.9 Å². The van der Waals surface area contributed by atoms with Crippen molar-refractivity contribution in [2.24, 2.45) is 0 Å². The van der Waals surface area contributed by atoms with Gasteiger partial charge in [-0.05, 0) is 24.6 Å². The Labute approximate surface area is 118 Å². The molecular weight excluding hydrogens is 283 g/mol. The molecule has 0 atom stereocenters. The quantitative estimate of drug-likeness (QED) is 0.877. The van der Waals surface area contributed by atoms with E-state index in [0.29, 0.717) is 6.42 Å². The summed E-state index contributed by atoms with van der Waals surface area (Å²) in [6.45, 7) is 1.96. The minimum Gasteiger partial charge on any atom is -0.324 e. The average Bonchev–Trinajstić information content (AvgIpc) is 2.34. The van der Waals surface area contributed by atoms with Gasteiger partial charge in [-0.25, -0.2) is 12.8 Å². The van der Waals surface area contributed by atoms with Crippen molar-refractivity contribution in [3.8, 4) is 0 Å². The van der Waals surface area contributed by atoms with Crippen molar-refractivity contribution in [3.05, 3.63) is 24.0 Å². The molecule has 1 aromatic rings. The topological polar surface area (TPSA) is 66.5 Å². The predicted octanol–water partition coefficient (Wildman–Crippen LogP) is 2.35. The molecule has 0 saturated heterocycles. The molecule has 0 aliphatic heterocycles. The van der Waals surface area contributed by atoms with Crippen molar-refractivity contribution in [1.29, 1.82) is 0 Å². The monoisotopic (exact) mass is 302 g/mol. The highest BCUT2D eigenvalue weighted by atomic mass is 32.2. The number of benzene rings is 1. The minimum atomic E-state index is -3.48. The molecule has 20 heavy (non-hydrogen) atoms. The number of nitrogens with one attached hydrogen (secondary N) is 1. The van der Waals surface area contributed by atoms with Crippen LogP contribution in [0.1, 0.15) is 26.2 Å². The lowest BCUT2D eigenvalue weighted by atomic mass is 10.2. The number of nitrogens with zero attached hydrogens (tertiary/aromatic N) is 1. The van der Waals surface area contributed by atoms with Gasteiger partial charge in [0.1, 0.15) is 5.82 Å². The van der Waals surface area contributed by atoms with E-state index in [-0.39, 0.29) is 17.3 Å². The van der Waals surface area contributed by atoms with E-state index in [4.69, 9.17) is 0 Å². The second kappa shape index (κ2) is 6.69. The van der Waals surface area contributed by atoms with Crippen LogP contribution in [-0.4, -0.2) is 27.6 Å². The first-order chi connectivity index (χ1) is 9.25. The van der Waals surface area contributed by atoms with Gasteiger partial charge in [0.15, 0.2) is 0 Å². The van der Waals surface area contributed by atoms with Gasteiger partial charge in [-0.1, -0.05) is 13.3 Å². The lowest BCUT2D eigenvalue weighted by Crippen LogP contribution is -2.26. The maximum atomic E-state index is 13.3. The van der Waals surface area contributed by atoms with Gasteiger partial charge in [0.05, 0.1) is 17.6 Å². The third-order valence-corrected chi connectivity index (χ3v) is 4.02. The van der Waals surface area contributed by atoms with Gasteiger partial charge in [-0.15, -0.1) is 0 Å². The molecule has 0 saturated carbocycles. The summed E-state index contributed by atoms with van der Waals surface area (Å²) in [6, 6.07) is 3.59. The Morgan fingerprint density at radius 3 is 2.60 bits per heavy atom. The Morgan fingerprint density at radius 1 is 1.40 bits per heavy atom. The average molecular weight is 302 g/mol. The van der Waals surface area contributed by atoms with Gasteiger partial charge >= 0.3 is 0 Å². The minimum absolute atomic E-state index is 0.152. The summed E-state index contributed by atoms with van der Waals surface area (Å²) in [4.78, 5) is 11.7. The van der Waals surface area contributed by atoms with Gasteiger partial charge < -0.3 is 5.32 Å². The van der Waals surface area contributed by atoms with Crippen LogP contribution in [-0.2, 0) is 14.8 Å². The zero-order valence-corrected chi connectivity index (χ0v) is 12.6. The summed E-state index contributed by atoms with van der Waals surface area (Å²) in [5.74, 6) is -0.804. The van der Waals surface area contributed by atoms with Crippen molar-refractivity contribution < 1.29 is 17.6 Å². The molecule has 1 rings (SSSR count). The number of halogens is 1. The molecule has 0 bridgehead atoms. The van der Waals surface area contributed by atoms with Crippen LogP contribution < -0.4 is 9.62 Å². The van der Waals surface area contributed by atoms with Gasteiger partial charge in [0, 0.05) is 13.5 Å². The second-order valence-corrected chi connectivity index (χ2v) is 6.56. The molecule has 0 heterocycles. The van der Waals surface area contributed by atoms with Gasteiger partial charge in [-0.3, -0.25) is 9.10 Å². The summed E-state index contributed by atoms with van der Waals surface area (Å²) in [5, 5.41) is 2.55. The van der Waals surface area contributed by atoms with Crippen molar-refractivity contribution in [1.82, 2.24) is 0 Å². The number of carbonyl (C=O) groups excluding carboxylic acids is 1. The van der Waals surface area contributed by atoms with E-state index in [1.807, 2.05) is 6.92 Å². The van der Waals surface area contributed by atoms with E-state index >= 15 is 0 Å². The Balaban J connectivity index is 3.05.